The van der Waals surface area contributed by atoms with Gasteiger partial charge in [-0.1, -0.05) is 26.0 Å². The van der Waals surface area contributed by atoms with E-state index in [0.717, 1.165) is 12.8 Å². The molecule has 0 radical (unpaired) electrons. The average Bonchev–Trinajstić information content (AvgIpc) is 2.44. The molecule has 1 aromatic rings. The summed E-state index contributed by atoms with van der Waals surface area (Å²) in [5.74, 6) is 1.17. The lowest BCUT2D eigenvalue weighted by molar-refractivity contribution is -0.123. The first-order chi connectivity index (χ1) is 9.21. The summed E-state index contributed by atoms with van der Waals surface area (Å²) in [4.78, 5) is 11.7. The van der Waals surface area contributed by atoms with E-state index >= 15 is 0 Å². The number of carbonyl (C=O) groups excluding carboxylic acids is 1. The molecule has 0 saturated carbocycles. The number of amides is 1. The SMILES string of the molecule is CCOc1ccccc1OCC(=O)NC(CC)CC. The number of hydrogen-bond acceptors (Lipinski definition) is 3. The van der Waals surface area contributed by atoms with E-state index in [9.17, 15) is 4.79 Å². The molecule has 4 heteroatoms. The molecular weight excluding hydrogens is 242 g/mol. The van der Waals surface area contributed by atoms with Crippen LogP contribution in [0.15, 0.2) is 24.3 Å². The standard InChI is InChI=1S/C15H23NO3/c1-4-12(5-2)16-15(17)11-19-14-10-8-7-9-13(14)18-6-3/h7-10,12H,4-6,11H2,1-3H3,(H,16,17). The summed E-state index contributed by atoms with van der Waals surface area (Å²) < 4.78 is 10.9. The van der Waals surface area contributed by atoms with Gasteiger partial charge in [0.25, 0.3) is 5.91 Å². The van der Waals surface area contributed by atoms with Crippen LogP contribution in [0.2, 0.25) is 0 Å². The van der Waals surface area contributed by atoms with Gasteiger partial charge < -0.3 is 14.8 Å². The fourth-order valence-electron chi connectivity index (χ4n) is 1.75. The lowest BCUT2D eigenvalue weighted by Gasteiger charge is -2.16. The highest BCUT2D eigenvalue weighted by Gasteiger charge is 2.10. The third-order valence-electron chi connectivity index (χ3n) is 2.86. The van der Waals surface area contributed by atoms with Crippen LogP contribution in [0.3, 0.4) is 0 Å². The lowest BCUT2D eigenvalue weighted by atomic mass is 10.2. The molecule has 1 N–H and O–H groups in total. The van der Waals surface area contributed by atoms with Crippen LogP contribution in [-0.4, -0.2) is 25.2 Å². The summed E-state index contributed by atoms with van der Waals surface area (Å²) in [5.41, 5.74) is 0. The molecule has 0 fully saturated rings. The van der Waals surface area contributed by atoms with Crippen molar-refractivity contribution >= 4 is 5.91 Å². The van der Waals surface area contributed by atoms with Crippen LogP contribution in [0.5, 0.6) is 11.5 Å². The van der Waals surface area contributed by atoms with E-state index in [0.29, 0.717) is 18.1 Å². The topological polar surface area (TPSA) is 47.6 Å². The number of hydrogen-bond donors (Lipinski definition) is 1. The van der Waals surface area contributed by atoms with Crippen molar-refractivity contribution in [2.45, 2.75) is 39.7 Å². The highest BCUT2D eigenvalue weighted by atomic mass is 16.5. The molecule has 0 bridgehead atoms. The van der Waals surface area contributed by atoms with Gasteiger partial charge in [0.15, 0.2) is 18.1 Å². The van der Waals surface area contributed by atoms with Gasteiger partial charge >= 0.3 is 0 Å². The van der Waals surface area contributed by atoms with E-state index in [-0.39, 0.29) is 18.6 Å². The molecule has 106 valence electrons. The molecule has 0 heterocycles. The molecule has 0 unspecified atom stereocenters. The van der Waals surface area contributed by atoms with Gasteiger partial charge in [0, 0.05) is 6.04 Å². The third-order valence-corrected chi connectivity index (χ3v) is 2.86. The number of nitrogens with one attached hydrogen (secondary N) is 1. The molecule has 0 aliphatic rings. The first kappa shape index (κ1) is 15.3. The monoisotopic (exact) mass is 265 g/mol. The minimum atomic E-state index is -0.0972. The normalized spacial score (nSPS) is 10.3. The van der Waals surface area contributed by atoms with E-state index in [1.54, 1.807) is 6.07 Å². The Morgan fingerprint density at radius 2 is 1.68 bits per heavy atom. The van der Waals surface area contributed by atoms with Crippen molar-refractivity contribution in [1.82, 2.24) is 5.32 Å². The summed E-state index contributed by atoms with van der Waals surface area (Å²) in [5, 5.41) is 2.93. The van der Waals surface area contributed by atoms with Gasteiger partial charge in [-0.25, -0.2) is 0 Å². The van der Waals surface area contributed by atoms with Crippen molar-refractivity contribution in [2.75, 3.05) is 13.2 Å². The Balaban J connectivity index is 2.50. The Bertz CT molecular complexity index is 389. The molecule has 19 heavy (non-hydrogen) atoms. The molecule has 1 rings (SSSR count). The Kier molecular flexibility index (Phi) is 6.79. The molecular formula is C15H23NO3. The minimum Gasteiger partial charge on any atom is -0.490 e. The van der Waals surface area contributed by atoms with E-state index in [4.69, 9.17) is 9.47 Å². The number of para-hydroxylation sites is 2. The summed E-state index contributed by atoms with van der Waals surface area (Å²) >= 11 is 0. The van der Waals surface area contributed by atoms with Crippen LogP contribution in [-0.2, 0) is 4.79 Å². The van der Waals surface area contributed by atoms with Gasteiger partial charge in [0.05, 0.1) is 6.61 Å². The molecule has 0 aliphatic heterocycles. The van der Waals surface area contributed by atoms with Crippen molar-refractivity contribution in [2.24, 2.45) is 0 Å². The smallest absolute Gasteiger partial charge is 0.258 e. The van der Waals surface area contributed by atoms with Crippen LogP contribution in [0.25, 0.3) is 0 Å². The van der Waals surface area contributed by atoms with Crippen molar-refractivity contribution < 1.29 is 14.3 Å². The maximum atomic E-state index is 11.7. The molecule has 0 saturated heterocycles. The lowest BCUT2D eigenvalue weighted by Crippen LogP contribution is -2.37. The Morgan fingerprint density at radius 1 is 1.11 bits per heavy atom. The zero-order valence-corrected chi connectivity index (χ0v) is 11.9. The Morgan fingerprint density at radius 3 is 2.21 bits per heavy atom. The molecule has 0 spiro atoms. The fraction of sp³-hybridized carbons (Fsp3) is 0.533. The summed E-state index contributed by atoms with van der Waals surface area (Å²) in [6.45, 7) is 6.61. The van der Waals surface area contributed by atoms with Crippen molar-refractivity contribution in [3.8, 4) is 11.5 Å². The zero-order chi connectivity index (χ0) is 14.1. The second kappa shape index (κ2) is 8.40. The van der Waals surface area contributed by atoms with Crippen molar-refractivity contribution in [3.63, 3.8) is 0 Å². The van der Waals surface area contributed by atoms with Gasteiger partial charge in [0.2, 0.25) is 0 Å². The van der Waals surface area contributed by atoms with Crippen LogP contribution in [0, 0.1) is 0 Å². The molecule has 0 aromatic heterocycles. The summed E-state index contributed by atoms with van der Waals surface area (Å²) in [6, 6.07) is 7.59. The third kappa shape index (κ3) is 5.20. The number of ether oxygens (including phenoxy) is 2. The minimum absolute atomic E-state index is 0.0145. The van der Waals surface area contributed by atoms with Gasteiger partial charge in [-0.15, -0.1) is 0 Å². The van der Waals surface area contributed by atoms with Crippen LogP contribution in [0.4, 0.5) is 0 Å². The van der Waals surface area contributed by atoms with E-state index in [2.05, 4.69) is 19.2 Å². The molecule has 1 amide bonds. The van der Waals surface area contributed by atoms with Gasteiger partial charge in [-0.2, -0.15) is 0 Å². The van der Waals surface area contributed by atoms with E-state index < -0.39 is 0 Å². The number of benzene rings is 1. The quantitative estimate of drug-likeness (QED) is 0.786. The first-order valence-electron chi connectivity index (χ1n) is 6.85. The number of carbonyl (C=O) groups is 1. The maximum Gasteiger partial charge on any atom is 0.258 e. The van der Waals surface area contributed by atoms with Crippen LogP contribution < -0.4 is 14.8 Å². The van der Waals surface area contributed by atoms with Gasteiger partial charge in [-0.3, -0.25) is 4.79 Å². The summed E-state index contributed by atoms with van der Waals surface area (Å²) in [7, 11) is 0. The van der Waals surface area contributed by atoms with Crippen molar-refractivity contribution in [3.05, 3.63) is 24.3 Å². The second-order valence-electron chi connectivity index (χ2n) is 4.25. The zero-order valence-electron chi connectivity index (χ0n) is 11.9. The Labute approximate surface area is 115 Å². The Hall–Kier alpha value is -1.71. The van der Waals surface area contributed by atoms with Crippen LogP contribution in [0.1, 0.15) is 33.6 Å². The van der Waals surface area contributed by atoms with Gasteiger partial charge in [0.1, 0.15) is 0 Å². The highest BCUT2D eigenvalue weighted by Crippen LogP contribution is 2.26. The predicted molar refractivity (Wildman–Crippen MR) is 75.6 cm³/mol. The molecule has 0 aliphatic carbocycles. The molecule has 4 nitrogen and oxygen atoms in total. The summed E-state index contributed by atoms with van der Waals surface area (Å²) in [6.07, 6.45) is 1.86. The van der Waals surface area contributed by atoms with E-state index in [1.165, 1.54) is 0 Å². The van der Waals surface area contributed by atoms with Crippen molar-refractivity contribution in [1.29, 1.82) is 0 Å². The first-order valence-corrected chi connectivity index (χ1v) is 6.85. The average molecular weight is 265 g/mol. The maximum absolute atomic E-state index is 11.7. The fourth-order valence-corrected chi connectivity index (χ4v) is 1.75. The largest absolute Gasteiger partial charge is 0.490 e. The predicted octanol–water partition coefficient (Wildman–Crippen LogP) is 2.77. The van der Waals surface area contributed by atoms with E-state index in [1.807, 2.05) is 25.1 Å². The molecule has 1 aromatic carbocycles. The second-order valence-corrected chi connectivity index (χ2v) is 4.25. The van der Waals surface area contributed by atoms with Gasteiger partial charge in [-0.05, 0) is 31.9 Å². The molecule has 0 atom stereocenters. The number of rotatable bonds is 8. The highest BCUT2D eigenvalue weighted by molar-refractivity contribution is 5.77. The van der Waals surface area contributed by atoms with Crippen LogP contribution >= 0.6 is 0 Å².